The summed E-state index contributed by atoms with van der Waals surface area (Å²) in [5, 5.41) is 0. The largest absolute Gasteiger partial charge is 0.378 e. The van der Waals surface area contributed by atoms with Crippen molar-refractivity contribution in [2.45, 2.75) is 39.3 Å². The van der Waals surface area contributed by atoms with E-state index in [1.807, 2.05) is 0 Å². The zero-order valence-electron chi connectivity index (χ0n) is 8.32. The topological polar surface area (TPSA) is 18.5 Å². The fraction of sp³-hybridized carbons (Fsp3) is 1.00. The van der Waals surface area contributed by atoms with Crippen molar-refractivity contribution in [2.24, 2.45) is 0 Å². The van der Waals surface area contributed by atoms with Gasteiger partial charge in [-0.3, -0.25) is 0 Å². The SMILES string of the molecule is C[Si](C)(C)OPO[Si](C)(C)C. The van der Waals surface area contributed by atoms with Gasteiger partial charge in [0.1, 0.15) is 9.03 Å². The Morgan fingerprint density at radius 2 is 1.00 bits per heavy atom. The van der Waals surface area contributed by atoms with Gasteiger partial charge in [0.15, 0.2) is 16.6 Å². The van der Waals surface area contributed by atoms with Crippen LogP contribution in [0, 0.1) is 0 Å². The maximum absolute atomic E-state index is 5.58. The van der Waals surface area contributed by atoms with Crippen molar-refractivity contribution in [1.82, 2.24) is 0 Å². The van der Waals surface area contributed by atoms with Crippen LogP contribution in [0.5, 0.6) is 0 Å². The van der Waals surface area contributed by atoms with E-state index in [1.54, 1.807) is 0 Å². The van der Waals surface area contributed by atoms with Crippen LogP contribution in [0.25, 0.3) is 0 Å². The van der Waals surface area contributed by atoms with Gasteiger partial charge in [-0.15, -0.1) is 0 Å². The lowest BCUT2D eigenvalue weighted by Crippen LogP contribution is -2.25. The molecule has 0 rings (SSSR count). The lowest BCUT2D eigenvalue weighted by molar-refractivity contribution is 0.516. The number of hydrogen-bond acceptors (Lipinski definition) is 2. The molecule has 0 aliphatic heterocycles. The molecule has 0 saturated carbocycles. The zero-order chi connectivity index (χ0) is 9.12. The third-order valence-corrected chi connectivity index (χ3v) is 6.26. The predicted octanol–water partition coefficient (Wildman–Crippen LogP) is 3.20. The molecule has 0 fully saturated rings. The average Bonchev–Trinajstić information content (AvgIpc) is 1.55. The van der Waals surface area contributed by atoms with Gasteiger partial charge in [0.25, 0.3) is 0 Å². The molecule has 0 aromatic carbocycles. The molecule has 0 heterocycles. The fourth-order valence-electron chi connectivity index (χ4n) is 0.271. The van der Waals surface area contributed by atoms with Gasteiger partial charge in [-0.2, -0.15) is 0 Å². The first-order valence-corrected chi connectivity index (χ1v) is 11.4. The molecule has 0 spiro atoms. The highest BCUT2D eigenvalue weighted by molar-refractivity contribution is 7.31. The summed E-state index contributed by atoms with van der Waals surface area (Å²) >= 11 is 0. The smallest absolute Gasteiger partial charge is 0.191 e. The van der Waals surface area contributed by atoms with E-state index in [1.165, 1.54) is 0 Å². The summed E-state index contributed by atoms with van der Waals surface area (Å²) in [4.78, 5) is 0. The molecule has 0 aromatic rings. The summed E-state index contributed by atoms with van der Waals surface area (Å²) in [6.07, 6.45) is 0. The number of hydrogen-bond donors (Lipinski definition) is 0. The second-order valence-corrected chi connectivity index (χ2v) is 14.8. The van der Waals surface area contributed by atoms with E-state index in [2.05, 4.69) is 39.3 Å². The van der Waals surface area contributed by atoms with Crippen molar-refractivity contribution in [3.63, 3.8) is 0 Å². The molecular formula is C6H19O2PSi2. The molecule has 0 atom stereocenters. The standard InChI is InChI=1S/C6H19O2PSi2/c1-10(2,3)7-9-8-11(4,5)6/h9H,1-6H3. The van der Waals surface area contributed by atoms with Crippen molar-refractivity contribution < 1.29 is 8.43 Å². The van der Waals surface area contributed by atoms with Crippen molar-refractivity contribution in [3.05, 3.63) is 0 Å². The Morgan fingerprint density at radius 3 is 1.18 bits per heavy atom. The molecule has 0 aliphatic rings. The van der Waals surface area contributed by atoms with E-state index in [0.717, 1.165) is 0 Å². The fourth-order valence-corrected chi connectivity index (χ4v) is 2.81. The Morgan fingerprint density at radius 1 is 0.727 bits per heavy atom. The van der Waals surface area contributed by atoms with Crippen LogP contribution in [-0.2, 0) is 8.43 Å². The van der Waals surface area contributed by atoms with E-state index in [-0.39, 0.29) is 9.03 Å². The quantitative estimate of drug-likeness (QED) is 0.524. The molecule has 0 unspecified atom stereocenters. The van der Waals surface area contributed by atoms with Gasteiger partial charge < -0.3 is 8.43 Å². The lowest BCUT2D eigenvalue weighted by Gasteiger charge is -2.21. The van der Waals surface area contributed by atoms with Crippen LogP contribution < -0.4 is 0 Å². The highest BCUT2D eigenvalue weighted by Crippen LogP contribution is 2.25. The maximum Gasteiger partial charge on any atom is 0.191 e. The molecule has 0 amide bonds. The van der Waals surface area contributed by atoms with Gasteiger partial charge in [-0.25, -0.2) is 0 Å². The van der Waals surface area contributed by atoms with Crippen LogP contribution in [-0.4, -0.2) is 16.6 Å². The second-order valence-electron chi connectivity index (χ2n) is 4.51. The molecular weight excluding hydrogens is 191 g/mol. The average molecular weight is 210 g/mol. The van der Waals surface area contributed by atoms with Crippen molar-refractivity contribution >= 4 is 25.7 Å². The molecule has 68 valence electrons. The molecule has 0 radical (unpaired) electrons. The number of rotatable bonds is 4. The Bertz CT molecular complexity index is 103. The third-order valence-electron chi connectivity index (χ3n) is 0.696. The first kappa shape index (κ1) is 11.8. The molecule has 11 heavy (non-hydrogen) atoms. The Hall–Kier alpha value is 0.784. The lowest BCUT2D eigenvalue weighted by atomic mass is 11.8. The molecule has 0 aromatic heterocycles. The van der Waals surface area contributed by atoms with Gasteiger partial charge in [-0.1, -0.05) is 0 Å². The van der Waals surface area contributed by atoms with Gasteiger partial charge in [0.2, 0.25) is 0 Å². The van der Waals surface area contributed by atoms with Crippen molar-refractivity contribution in [3.8, 4) is 0 Å². The van der Waals surface area contributed by atoms with E-state index >= 15 is 0 Å². The molecule has 0 N–H and O–H groups in total. The predicted molar refractivity (Wildman–Crippen MR) is 57.2 cm³/mol. The highest BCUT2D eigenvalue weighted by atomic mass is 31.1. The highest BCUT2D eigenvalue weighted by Gasteiger charge is 2.18. The minimum Gasteiger partial charge on any atom is -0.378 e. The van der Waals surface area contributed by atoms with Gasteiger partial charge in [-0.05, 0) is 39.3 Å². The minimum atomic E-state index is -1.35. The Balaban J connectivity index is 3.44. The van der Waals surface area contributed by atoms with Gasteiger partial charge in [0, 0.05) is 0 Å². The summed E-state index contributed by atoms with van der Waals surface area (Å²) in [7, 11) is -2.44. The van der Waals surface area contributed by atoms with Gasteiger partial charge >= 0.3 is 0 Å². The normalized spacial score (nSPS) is 13.6. The molecule has 0 bridgehead atoms. The second kappa shape index (κ2) is 4.14. The van der Waals surface area contributed by atoms with Crippen molar-refractivity contribution in [2.75, 3.05) is 0 Å². The van der Waals surface area contributed by atoms with E-state index < -0.39 is 16.6 Å². The van der Waals surface area contributed by atoms with Gasteiger partial charge in [0.05, 0.1) is 0 Å². The maximum atomic E-state index is 5.58. The summed E-state index contributed by atoms with van der Waals surface area (Å²) in [5.74, 6) is 0. The van der Waals surface area contributed by atoms with Crippen LogP contribution in [0.15, 0.2) is 0 Å². The molecule has 2 nitrogen and oxygen atoms in total. The van der Waals surface area contributed by atoms with E-state index in [9.17, 15) is 0 Å². The minimum absolute atomic E-state index is 0.258. The van der Waals surface area contributed by atoms with Crippen LogP contribution in [0.2, 0.25) is 39.3 Å². The Labute approximate surface area is 73.9 Å². The van der Waals surface area contributed by atoms with Crippen LogP contribution in [0.1, 0.15) is 0 Å². The monoisotopic (exact) mass is 210 g/mol. The van der Waals surface area contributed by atoms with Crippen LogP contribution in [0.4, 0.5) is 0 Å². The molecule has 5 heteroatoms. The molecule has 0 aliphatic carbocycles. The Kier molecular flexibility index (Phi) is 4.44. The summed E-state index contributed by atoms with van der Waals surface area (Å²) in [5.41, 5.74) is 0. The molecule has 0 saturated heterocycles. The third kappa shape index (κ3) is 10.8. The van der Waals surface area contributed by atoms with Crippen LogP contribution >= 0.6 is 9.03 Å². The summed E-state index contributed by atoms with van der Waals surface area (Å²) < 4.78 is 11.2. The first-order chi connectivity index (χ1) is 4.71. The van der Waals surface area contributed by atoms with Crippen LogP contribution in [0.3, 0.4) is 0 Å². The van der Waals surface area contributed by atoms with Crippen molar-refractivity contribution in [1.29, 1.82) is 0 Å². The van der Waals surface area contributed by atoms with E-state index in [0.29, 0.717) is 0 Å². The summed E-state index contributed by atoms with van der Waals surface area (Å²) in [6, 6.07) is 0. The zero-order valence-corrected chi connectivity index (χ0v) is 11.3. The first-order valence-electron chi connectivity index (χ1n) is 3.82. The summed E-state index contributed by atoms with van der Waals surface area (Å²) in [6.45, 7) is 13.0. The van der Waals surface area contributed by atoms with E-state index in [4.69, 9.17) is 8.43 Å².